The normalized spacial score (nSPS) is 0. The van der Waals surface area contributed by atoms with E-state index in [0.717, 1.165) is 0 Å². The van der Waals surface area contributed by atoms with Crippen molar-refractivity contribution < 1.29 is 0 Å². The van der Waals surface area contributed by atoms with Crippen LogP contribution < -0.4 is 0 Å². The molecule has 0 N–H and O–H groups in total. The molecular weight excluding hydrogens is 205 g/mol. The van der Waals surface area contributed by atoms with Gasteiger partial charge in [-0.25, -0.2) is 0 Å². The van der Waals surface area contributed by atoms with E-state index in [4.69, 9.17) is 0 Å². The standard InChI is InChI=1S/4K.2Mg. The van der Waals surface area contributed by atoms with Crippen LogP contribution in [0.2, 0.25) is 0 Å². The van der Waals surface area contributed by atoms with E-state index in [1.54, 1.807) is 0 Å². The summed E-state index contributed by atoms with van der Waals surface area (Å²) in [4.78, 5) is 0. The molecule has 0 saturated carbocycles. The minimum absolute atomic E-state index is 0. The number of hydrogen-bond acceptors (Lipinski definition) is 0. The Bertz CT molecular complexity index is 5.51. The van der Waals surface area contributed by atoms with E-state index < -0.39 is 0 Å². The van der Waals surface area contributed by atoms with Crippen molar-refractivity contribution in [1.29, 1.82) is 0 Å². The van der Waals surface area contributed by atoms with Crippen LogP contribution in [0.5, 0.6) is 0 Å². The summed E-state index contributed by atoms with van der Waals surface area (Å²) < 4.78 is 0. The van der Waals surface area contributed by atoms with Crippen LogP contribution in [0.4, 0.5) is 0 Å². The summed E-state index contributed by atoms with van der Waals surface area (Å²) in [5.74, 6) is 0. The van der Waals surface area contributed by atoms with Crippen molar-refractivity contribution in [3.63, 3.8) is 0 Å². The Morgan fingerprint density at radius 1 is 0.333 bits per heavy atom. The zero-order valence-electron chi connectivity index (χ0n) is 5.41. The van der Waals surface area contributed by atoms with Crippen molar-refractivity contribution in [2.24, 2.45) is 0 Å². The van der Waals surface area contributed by atoms with Gasteiger partial charge in [0.05, 0.1) is 0 Å². The minimum atomic E-state index is 0. The SMILES string of the molecule is [K].[K].[K].[K].[Mg].[Mg]. The Labute approximate surface area is 242 Å². The molecule has 0 rings (SSSR count). The molecule has 0 spiro atoms. The molecule has 0 aromatic carbocycles. The second-order valence-electron chi connectivity index (χ2n) is 0. The predicted octanol–water partition coefficient (Wildman–Crippen LogP) is -2.28. The zero-order chi connectivity index (χ0) is 0. The van der Waals surface area contributed by atoms with Crippen LogP contribution in [0.25, 0.3) is 0 Å². The van der Waals surface area contributed by atoms with Crippen molar-refractivity contribution >= 4 is 252 Å². The third kappa shape index (κ3) is 22.7. The fourth-order valence-corrected chi connectivity index (χ4v) is 0. The number of hydrogen-bond donors (Lipinski definition) is 0. The summed E-state index contributed by atoms with van der Waals surface area (Å²) in [6.07, 6.45) is 0. The minimum Gasteiger partial charge on any atom is 0 e. The fourth-order valence-electron chi connectivity index (χ4n) is 0. The molecule has 0 aliphatic rings. The van der Waals surface area contributed by atoms with Crippen LogP contribution in [-0.4, -0.2) is 252 Å². The van der Waals surface area contributed by atoms with Crippen LogP contribution in [0, 0.1) is 0 Å². The first-order chi connectivity index (χ1) is 0. The van der Waals surface area contributed by atoms with E-state index in [2.05, 4.69) is 0 Å². The summed E-state index contributed by atoms with van der Waals surface area (Å²) in [6, 6.07) is 0. The van der Waals surface area contributed by atoms with E-state index in [9.17, 15) is 0 Å². The summed E-state index contributed by atoms with van der Waals surface area (Å²) in [5, 5.41) is 0. The van der Waals surface area contributed by atoms with Gasteiger partial charge in [0.15, 0.2) is 0 Å². The quantitative estimate of drug-likeness (QED) is 0.391. The molecule has 8 radical (unpaired) electrons. The first kappa shape index (κ1) is 36.9. The molecule has 0 aliphatic heterocycles. The van der Waals surface area contributed by atoms with Crippen molar-refractivity contribution in [3.8, 4) is 0 Å². The summed E-state index contributed by atoms with van der Waals surface area (Å²) in [7, 11) is 0. The van der Waals surface area contributed by atoms with Crippen molar-refractivity contribution in [1.82, 2.24) is 0 Å². The maximum absolute atomic E-state index is 0. The van der Waals surface area contributed by atoms with Crippen LogP contribution in [0.1, 0.15) is 0 Å². The molecule has 8 valence electrons. The van der Waals surface area contributed by atoms with E-state index in [-0.39, 0.29) is 252 Å². The maximum atomic E-state index is 0. The summed E-state index contributed by atoms with van der Waals surface area (Å²) in [5.41, 5.74) is 0. The van der Waals surface area contributed by atoms with Gasteiger partial charge in [-0.05, 0) is 0 Å². The molecule has 0 amide bonds. The van der Waals surface area contributed by atoms with Gasteiger partial charge in [-0.3, -0.25) is 0 Å². The molecular formula is K4Mg2. The van der Waals surface area contributed by atoms with Gasteiger partial charge in [0, 0.05) is 252 Å². The third-order valence-electron chi connectivity index (χ3n) is 0. The molecule has 0 nitrogen and oxygen atoms in total. The second-order valence-corrected chi connectivity index (χ2v) is 0. The molecule has 6 heavy (non-hydrogen) atoms. The summed E-state index contributed by atoms with van der Waals surface area (Å²) >= 11 is 0. The third-order valence-corrected chi connectivity index (χ3v) is 0. The molecule has 0 aliphatic carbocycles. The predicted molar refractivity (Wildman–Crippen MR) is 34.5 cm³/mol. The molecule has 0 atom stereocenters. The molecule has 0 heterocycles. The van der Waals surface area contributed by atoms with Gasteiger partial charge in [0.1, 0.15) is 0 Å². The van der Waals surface area contributed by atoms with Gasteiger partial charge >= 0.3 is 0 Å². The average molecular weight is 205 g/mol. The van der Waals surface area contributed by atoms with Crippen LogP contribution in [-0.2, 0) is 0 Å². The van der Waals surface area contributed by atoms with Gasteiger partial charge in [0.25, 0.3) is 0 Å². The van der Waals surface area contributed by atoms with E-state index in [1.807, 2.05) is 0 Å². The molecule has 0 aromatic rings. The van der Waals surface area contributed by atoms with Crippen molar-refractivity contribution in [2.45, 2.75) is 0 Å². The molecule has 0 saturated heterocycles. The monoisotopic (exact) mass is 204 g/mol. The van der Waals surface area contributed by atoms with Crippen molar-refractivity contribution in [2.75, 3.05) is 0 Å². The molecule has 0 fully saturated rings. The van der Waals surface area contributed by atoms with Gasteiger partial charge in [-0.2, -0.15) is 0 Å². The fraction of sp³-hybridized carbons (Fsp3) is 0. The Morgan fingerprint density at radius 2 is 0.333 bits per heavy atom. The van der Waals surface area contributed by atoms with Gasteiger partial charge in [0.2, 0.25) is 0 Å². The van der Waals surface area contributed by atoms with Gasteiger partial charge < -0.3 is 0 Å². The molecule has 6 heteroatoms. The van der Waals surface area contributed by atoms with Crippen LogP contribution in [0.3, 0.4) is 0 Å². The molecule has 0 bridgehead atoms. The maximum Gasteiger partial charge on any atom is 0 e. The Kier molecular flexibility index (Phi) is 180. The Hall–Kier alpha value is 8.08. The van der Waals surface area contributed by atoms with Gasteiger partial charge in [-0.15, -0.1) is 0 Å². The van der Waals surface area contributed by atoms with Crippen molar-refractivity contribution in [3.05, 3.63) is 0 Å². The molecule has 0 unspecified atom stereocenters. The van der Waals surface area contributed by atoms with E-state index in [1.165, 1.54) is 0 Å². The van der Waals surface area contributed by atoms with E-state index in [0.29, 0.717) is 0 Å². The van der Waals surface area contributed by atoms with Crippen LogP contribution in [0.15, 0.2) is 0 Å². The first-order valence-corrected chi connectivity index (χ1v) is 0. The average Bonchev–Trinajstić information content (AvgIpc) is 0. The van der Waals surface area contributed by atoms with Crippen LogP contribution >= 0.6 is 0 Å². The topological polar surface area (TPSA) is 0 Å². The largest absolute Gasteiger partial charge is 0 e. The van der Waals surface area contributed by atoms with Gasteiger partial charge in [-0.1, -0.05) is 0 Å². The Balaban J connectivity index is 0. The molecule has 0 aromatic heterocycles. The van der Waals surface area contributed by atoms with E-state index >= 15 is 0 Å². The smallest absolute Gasteiger partial charge is 0 e. The summed E-state index contributed by atoms with van der Waals surface area (Å²) in [6.45, 7) is 0. The first-order valence-electron chi connectivity index (χ1n) is 0. The Morgan fingerprint density at radius 3 is 0.333 bits per heavy atom. The number of rotatable bonds is 0. The second kappa shape index (κ2) is 29.2. The zero-order valence-corrected chi connectivity index (χ0v) is 20.7.